The number of rotatable bonds is 8. The molecule has 0 aliphatic carbocycles. The largest absolute Gasteiger partial charge is 0.493 e. The lowest BCUT2D eigenvalue weighted by molar-refractivity contribution is 0.0521. The number of amides is 3. The highest BCUT2D eigenvalue weighted by molar-refractivity contribution is 6.21. The predicted octanol–water partition coefficient (Wildman–Crippen LogP) is 4.04. The van der Waals surface area contributed by atoms with Crippen molar-refractivity contribution in [3.8, 4) is 11.8 Å². The molecule has 0 bridgehead atoms. The zero-order valence-electron chi connectivity index (χ0n) is 19.0. The van der Waals surface area contributed by atoms with Crippen LogP contribution in [0, 0.1) is 11.3 Å². The molecule has 0 atom stereocenters. The molecule has 0 unspecified atom stereocenters. The van der Waals surface area contributed by atoms with Crippen LogP contribution >= 0.6 is 0 Å². The number of carbonyl (C=O) groups excluding carboxylic acids is 3. The molecule has 0 saturated heterocycles. The second-order valence-electron chi connectivity index (χ2n) is 8.65. The number of nitrogens with one attached hydrogen (secondary N) is 1. The average Bonchev–Trinajstić information content (AvgIpc) is 3.01. The summed E-state index contributed by atoms with van der Waals surface area (Å²) in [7, 11) is 0. The fourth-order valence-corrected chi connectivity index (χ4v) is 3.38. The first kappa shape index (κ1) is 23.8. The molecule has 0 aromatic heterocycles. The second kappa shape index (κ2) is 10.2. The van der Waals surface area contributed by atoms with Crippen molar-refractivity contribution in [1.82, 2.24) is 10.2 Å². The van der Waals surface area contributed by atoms with E-state index in [2.05, 4.69) is 11.4 Å². The smallest absolute Gasteiger partial charge is 0.407 e. The minimum absolute atomic E-state index is 0.186. The summed E-state index contributed by atoms with van der Waals surface area (Å²) in [5.41, 5.74) is 1.42. The molecule has 8 heteroatoms. The predicted molar refractivity (Wildman–Crippen MR) is 121 cm³/mol. The molecule has 3 amide bonds. The number of imide groups is 1. The summed E-state index contributed by atoms with van der Waals surface area (Å²) in [6.45, 7) is 6.17. The van der Waals surface area contributed by atoms with Gasteiger partial charge in [0, 0.05) is 18.7 Å². The maximum absolute atomic E-state index is 12.4. The Morgan fingerprint density at radius 2 is 1.73 bits per heavy atom. The number of benzene rings is 2. The number of nitriles is 1. The summed E-state index contributed by atoms with van der Waals surface area (Å²) < 4.78 is 11.1. The van der Waals surface area contributed by atoms with Gasteiger partial charge >= 0.3 is 6.09 Å². The number of hydrogen-bond donors (Lipinski definition) is 1. The monoisotopic (exact) mass is 449 g/mol. The summed E-state index contributed by atoms with van der Waals surface area (Å²) in [4.78, 5) is 38.0. The van der Waals surface area contributed by atoms with Crippen LogP contribution in [0.2, 0.25) is 0 Å². The van der Waals surface area contributed by atoms with Crippen LogP contribution in [0.25, 0.3) is 0 Å². The van der Waals surface area contributed by atoms with Gasteiger partial charge in [-0.2, -0.15) is 5.26 Å². The van der Waals surface area contributed by atoms with Crippen LogP contribution in [0.5, 0.6) is 5.75 Å². The first-order valence-electron chi connectivity index (χ1n) is 10.8. The standard InChI is InChI=1S/C25H27N3O5/c1-25(2,3)33-24(31)27-16-18-11-10-17(15-26)14-21(18)32-13-7-6-12-28-22(29)19-8-4-5-9-20(19)23(28)30/h4-5,8-11,14H,6-7,12-13,16H2,1-3H3,(H,27,31). The van der Waals surface area contributed by atoms with Gasteiger partial charge < -0.3 is 14.8 Å². The van der Waals surface area contributed by atoms with Crippen molar-refractivity contribution >= 4 is 17.9 Å². The van der Waals surface area contributed by atoms with Crippen molar-refractivity contribution in [1.29, 1.82) is 5.26 Å². The van der Waals surface area contributed by atoms with E-state index in [1.807, 2.05) is 0 Å². The molecular weight excluding hydrogens is 422 g/mol. The van der Waals surface area contributed by atoms with Gasteiger partial charge in [0.15, 0.2) is 0 Å². The summed E-state index contributed by atoms with van der Waals surface area (Å²) >= 11 is 0. The Morgan fingerprint density at radius 1 is 1.06 bits per heavy atom. The molecule has 2 aromatic carbocycles. The van der Waals surface area contributed by atoms with E-state index in [1.54, 1.807) is 63.2 Å². The molecule has 33 heavy (non-hydrogen) atoms. The first-order chi connectivity index (χ1) is 15.7. The molecule has 1 N–H and O–H groups in total. The summed E-state index contributed by atoms with van der Waals surface area (Å²) in [5.74, 6) is -0.0478. The van der Waals surface area contributed by atoms with Crippen molar-refractivity contribution in [2.24, 2.45) is 0 Å². The molecular formula is C25H27N3O5. The molecule has 3 rings (SSSR count). The maximum Gasteiger partial charge on any atom is 0.407 e. The fourth-order valence-electron chi connectivity index (χ4n) is 3.38. The first-order valence-corrected chi connectivity index (χ1v) is 10.8. The quantitative estimate of drug-likeness (QED) is 0.481. The van der Waals surface area contributed by atoms with Crippen LogP contribution in [-0.4, -0.2) is 41.6 Å². The highest BCUT2D eigenvalue weighted by Gasteiger charge is 2.34. The van der Waals surface area contributed by atoms with Gasteiger partial charge in [-0.15, -0.1) is 0 Å². The van der Waals surface area contributed by atoms with E-state index in [0.29, 0.717) is 54.0 Å². The maximum atomic E-state index is 12.4. The molecule has 1 heterocycles. The van der Waals surface area contributed by atoms with Crippen molar-refractivity contribution in [2.45, 2.75) is 45.8 Å². The van der Waals surface area contributed by atoms with Crippen LogP contribution in [-0.2, 0) is 11.3 Å². The van der Waals surface area contributed by atoms with Gasteiger partial charge in [0.2, 0.25) is 0 Å². The molecule has 2 aromatic rings. The molecule has 8 nitrogen and oxygen atoms in total. The van der Waals surface area contributed by atoms with Crippen molar-refractivity contribution < 1.29 is 23.9 Å². The van der Waals surface area contributed by atoms with Crippen molar-refractivity contribution in [3.63, 3.8) is 0 Å². The Hall–Kier alpha value is -3.86. The van der Waals surface area contributed by atoms with Crippen LogP contribution < -0.4 is 10.1 Å². The zero-order valence-corrected chi connectivity index (χ0v) is 19.0. The third-order valence-corrected chi connectivity index (χ3v) is 4.93. The van der Waals surface area contributed by atoms with Crippen LogP contribution in [0.1, 0.15) is 65.5 Å². The minimum atomic E-state index is -0.604. The van der Waals surface area contributed by atoms with Crippen molar-refractivity contribution in [3.05, 3.63) is 64.7 Å². The lowest BCUT2D eigenvalue weighted by atomic mass is 10.1. The van der Waals surface area contributed by atoms with E-state index >= 15 is 0 Å². The van der Waals surface area contributed by atoms with Gasteiger partial charge in [-0.05, 0) is 57.9 Å². The molecule has 172 valence electrons. The SMILES string of the molecule is CC(C)(C)OC(=O)NCc1ccc(C#N)cc1OCCCCN1C(=O)c2ccccc2C1=O. The van der Waals surface area contributed by atoms with Gasteiger partial charge in [0.05, 0.1) is 29.4 Å². The Morgan fingerprint density at radius 3 is 2.33 bits per heavy atom. The molecule has 1 aliphatic rings. The molecule has 0 fully saturated rings. The fraction of sp³-hybridized carbons (Fsp3) is 0.360. The third kappa shape index (κ3) is 6.10. The van der Waals surface area contributed by atoms with Gasteiger partial charge in [-0.3, -0.25) is 14.5 Å². The van der Waals surface area contributed by atoms with E-state index in [9.17, 15) is 19.6 Å². The minimum Gasteiger partial charge on any atom is -0.493 e. The third-order valence-electron chi connectivity index (χ3n) is 4.93. The number of carbonyl (C=O) groups is 3. The van der Waals surface area contributed by atoms with E-state index in [-0.39, 0.29) is 18.4 Å². The summed E-state index contributed by atoms with van der Waals surface area (Å²) in [6, 6.07) is 13.9. The lowest BCUT2D eigenvalue weighted by Crippen LogP contribution is -2.32. The van der Waals surface area contributed by atoms with Crippen LogP contribution in [0.4, 0.5) is 4.79 Å². The molecule has 0 radical (unpaired) electrons. The van der Waals surface area contributed by atoms with Crippen LogP contribution in [0.3, 0.4) is 0 Å². The van der Waals surface area contributed by atoms with Crippen molar-refractivity contribution in [2.75, 3.05) is 13.2 Å². The zero-order chi connectivity index (χ0) is 24.0. The normalized spacial score (nSPS) is 12.8. The van der Waals surface area contributed by atoms with E-state index < -0.39 is 11.7 Å². The Bertz CT molecular complexity index is 1060. The number of unbranched alkanes of at least 4 members (excludes halogenated alkanes) is 1. The van der Waals surface area contributed by atoms with Gasteiger partial charge in [0.25, 0.3) is 11.8 Å². The van der Waals surface area contributed by atoms with E-state index in [4.69, 9.17) is 9.47 Å². The van der Waals surface area contributed by atoms with E-state index in [0.717, 1.165) is 0 Å². The highest BCUT2D eigenvalue weighted by atomic mass is 16.6. The highest BCUT2D eigenvalue weighted by Crippen LogP contribution is 2.23. The number of fused-ring (bicyclic) bond motifs is 1. The van der Waals surface area contributed by atoms with Gasteiger partial charge in [-0.1, -0.05) is 18.2 Å². The van der Waals surface area contributed by atoms with Gasteiger partial charge in [-0.25, -0.2) is 4.79 Å². The topological polar surface area (TPSA) is 109 Å². The molecule has 0 spiro atoms. The summed E-state index contributed by atoms with van der Waals surface area (Å²) in [5, 5.41) is 11.9. The average molecular weight is 450 g/mol. The number of nitrogens with zero attached hydrogens (tertiary/aromatic N) is 2. The Kier molecular flexibility index (Phi) is 7.34. The Labute approximate surface area is 193 Å². The lowest BCUT2D eigenvalue weighted by Gasteiger charge is -2.20. The molecule has 0 saturated carbocycles. The number of hydrogen-bond acceptors (Lipinski definition) is 6. The van der Waals surface area contributed by atoms with Gasteiger partial charge in [0.1, 0.15) is 11.4 Å². The van der Waals surface area contributed by atoms with E-state index in [1.165, 1.54) is 4.90 Å². The van der Waals surface area contributed by atoms with Crippen LogP contribution in [0.15, 0.2) is 42.5 Å². The number of ether oxygens (including phenoxy) is 2. The second-order valence-corrected chi connectivity index (χ2v) is 8.65. The number of alkyl carbamates (subject to hydrolysis) is 1. The Balaban J connectivity index is 1.51. The molecule has 1 aliphatic heterocycles. The summed E-state index contributed by atoms with van der Waals surface area (Å²) in [6.07, 6.45) is 0.636.